The van der Waals surface area contributed by atoms with Crippen LogP contribution in [-0.4, -0.2) is 28.1 Å². The lowest BCUT2D eigenvalue weighted by Crippen LogP contribution is -2.27. The lowest BCUT2D eigenvalue weighted by molar-refractivity contribution is -0.116. The van der Waals surface area contributed by atoms with E-state index >= 15 is 0 Å². The topological polar surface area (TPSA) is 76.0 Å². The molecule has 3 aromatic rings. The molecule has 2 amide bonds. The Kier molecular flexibility index (Phi) is 6.49. The summed E-state index contributed by atoms with van der Waals surface area (Å²) < 4.78 is 2.46. The van der Waals surface area contributed by atoms with Gasteiger partial charge in [0, 0.05) is 34.3 Å². The van der Waals surface area contributed by atoms with Gasteiger partial charge in [-0.05, 0) is 42.8 Å². The number of aryl methyl sites for hydroxylation is 1. The molecular weight excluding hydrogens is 444 g/mol. The van der Waals surface area contributed by atoms with Crippen LogP contribution in [0.15, 0.2) is 59.3 Å². The molecular formula is C20H18BrClN4O2. The number of carbonyl (C=O) groups is 2. The zero-order valence-corrected chi connectivity index (χ0v) is 17.4. The maximum Gasteiger partial charge on any atom is 0.254 e. The van der Waals surface area contributed by atoms with Crippen molar-refractivity contribution in [1.29, 1.82) is 0 Å². The summed E-state index contributed by atoms with van der Waals surface area (Å²) >= 11 is 9.36. The zero-order valence-electron chi connectivity index (χ0n) is 15.1. The van der Waals surface area contributed by atoms with E-state index in [0.29, 0.717) is 10.6 Å². The van der Waals surface area contributed by atoms with Crippen LogP contribution < -0.4 is 10.6 Å². The van der Waals surface area contributed by atoms with E-state index in [1.54, 1.807) is 23.0 Å². The van der Waals surface area contributed by atoms with Crippen LogP contribution in [0.4, 0.5) is 5.69 Å². The Morgan fingerprint density at radius 3 is 2.82 bits per heavy atom. The molecule has 0 saturated carbocycles. The molecule has 0 radical (unpaired) electrons. The summed E-state index contributed by atoms with van der Waals surface area (Å²) in [7, 11) is 0. The molecule has 0 atom stereocenters. The number of aromatic nitrogens is 2. The van der Waals surface area contributed by atoms with E-state index in [1.165, 1.54) is 6.20 Å². The van der Waals surface area contributed by atoms with Crippen LogP contribution >= 0.6 is 27.5 Å². The third kappa shape index (κ3) is 5.21. The number of nitrogens with one attached hydrogen (secondary N) is 2. The van der Waals surface area contributed by atoms with Gasteiger partial charge in [0.15, 0.2) is 0 Å². The minimum absolute atomic E-state index is 0.167. The van der Waals surface area contributed by atoms with Gasteiger partial charge in [0.05, 0.1) is 17.4 Å². The fourth-order valence-corrected chi connectivity index (χ4v) is 3.08. The van der Waals surface area contributed by atoms with E-state index in [1.807, 2.05) is 37.3 Å². The standard InChI is InChI=1S/C20H18BrClN4O2/c1-13-5-6-15(21)9-18(13)25-19(27)7-8-23-20(28)14-11-24-26(12-14)17-4-2-3-16(22)10-17/h2-6,9-12H,7-8H2,1H3,(H,23,28)(H,25,27). The van der Waals surface area contributed by atoms with Crippen molar-refractivity contribution in [2.75, 3.05) is 11.9 Å². The van der Waals surface area contributed by atoms with Gasteiger partial charge >= 0.3 is 0 Å². The van der Waals surface area contributed by atoms with Gasteiger partial charge in [-0.1, -0.05) is 39.7 Å². The highest BCUT2D eigenvalue weighted by molar-refractivity contribution is 9.10. The van der Waals surface area contributed by atoms with E-state index in [0.717, 1.165) is 21.4 Å². The van der Waals surface area contributed by atoms with Gasteiger partial charge in [-0.3, -0.25) is 9.59 Å². The Balaban J connectivity index is 1.52. The van der Waals surface area contributed by atoms with Crippen LogP contribution in [0, 0.1) is 6.92 Å². The molecule has 3 rings (SSSR count). The largest absolute Gasteiger partial charge is 0.351 e. The molecule has 0 aliphatic heterocycles. The average Bonchev–Trinajstić information content (AvgIpc) is 3.15. The molecule has 144 valence electrons. The summed E-state index contributed by atoms with van der Waals surface area (Å²) in [5.74, 6) is -0.462. The van der Waals surface area contributed by atoms with Gasteiger partial charge in [0.25, 0.3) is 5.91 Å². The number of benzene rings is 2. The molecule has 6 nitrogen and oxygen atoms in total. The van der Waals surface area contributed by atoms with Gasteiger partial charge in [-0.2, -0.15) is 5.10 Å². The highest BCUT2D eigenvalue weighted by Crippen LogP contribution is 2.20. The van der Waals surface area contributed by atoms with Crippen molar-refractivity contribution in [3.63, 3.8) is 0 Å². The molecule has 1 heterocycles. The van der Waals surface area contributed by atoms with Crippen molar-refractivity contribution in [2.45, 2.75) is 13.3 Å². The number of rotatable bonds is 6. The number of anilines is 1. The second-order valence-corrected chi connectivity index (χ2v) is 7.52. The van der Waals surface area contributed by atoms with Crippen molar-refractivity contribution in [3.8, 4) is 5.69 Å². The molecule has 2 aromatic carbocycles. The van der Waals surface area contributed by atoms with Crippen molar-refractivity contribution >= 4 is 45.0 Å². The molecule has 0 aliphatic rings. The highest BCUT2D eigenvalue weighted by atomic mass is 79.9. The molecule has 8 heteroatoms. The molecule has 0 fully saturated rings. The summed E-state index contributed by atoms with van der Waals surface area (Å²) in [6.07, 6.45) is 3.26. The second-order valence-electron chi connectivity index (χ2n) is 6.17. The van der Waals surface area contributed by atoms with E-state index in [-0.39, 0.29) is 24.8 Å². The van der Waals surface area contributed by atoms with Gasteiger partial charge < -0.3 is 10.6 Å². The normalized spacial score (nSPS) is 10.5. The minimum atomic E-state index is -0.292. The van der Waals surface area contributed by atoms with Crippen LogP contribution in [0.1, 0.15) is 22.3 Å². The molecule has 2 N–H and O–H groups in total. The van der Waals surface area contributed by atoms with Crippen LogP contribution in [0.3, 0.4) is 0 Å². The molecule has 0 unspecified atom stereocenters. The second kappa shape index (κ2) is 9.03. The lowest BCUT2D eigenvalue weighted by Gasteiger charge is -2.09. The fourth-order valence-electron chi connectivity index (χ4n) is 2.53. The van der Waals surface area contributed by atoms with Crippen LogP contribution in [0.2, 0.25) is 5.02 Å². The van der Waals surface area contributed by atoms with Gasteiger partial charge in [0.2, 0.25) is 5.91 Å². The van der Waals surface area contributed by atoms with Gasteiger partial charge in [-0.15, -0.1) is 0 Å². The SMILES string of the molecule is Cc1ccc(Br)cc1NC(=O)CCNC(=O)c1cnn(-c2cccc(Cl)c2)c1. The first-order valence-corrected chi connectivity index (χ1v) is 9.74. The lowest BCUT2D eigenvalue weighted by atomic mass is 10.2. The van der Waals surface area contributed by atoms with Crippen LogP contribution in [0.25, 0.3) is 5.69 Å². The smallest absolute Gasteiger partial charge is 0.254 e. The average molecular weight is 462 g/mol. The first-order chi connectivity index (χ1) is 13.4. The van der Waals surface area contributed by atoms with E-state index in [2.05, 4.69) is 31.7 Å². The number of halogens is 2. The van der Waals surface area contributed by atoms with Gasteiger partial charge in [0.1, 0.15) is 0 Å². The molecule has 28 heavy (non-hydrogen) atoms. The predicted molar refractivity (Wildman–Crippen MR) is 113 cm³/mol. The summed E-state index contributed by atoms with van der Waals surface area (Å²) in [4.78, 5) is 24.4. The zero-order chi connectivity index (χ0) is 20.1. The van der Waals surface area contributed by atoms with Crippen molar-refractivity contribution in [1.82, 2.24) is 15.1 Å². The van der Waals surface area contributed by atoms with Crippen LogP contribution in [-0.2, 0) is 4.79 Å². The summed E-state index contributed by atoms with van der Waals surface area (Å²) in [6, 6.07) is 12.8. The minimum Gasteiger partial charge on any atom is -0.351 e. The van der Waals surface area contributed by atoms with E-state index < -0.39 is 0 Å². The highest BCUT2D eigenvalue weighted by Gasteiger charge is 2.11. The predicted octanol–water partition coefficient (Wildman–Crippen LogP) is 4.36. The maximum atomic E-state index is 12.3. The Hall–Kier alpha value is -2.64. The number of amides is 2. The Morgan fingerprint density at radius 2 is 2.04 bits per heavy atom. The van der Waals surface area contributed by atoms with Crippen molar-refractivity contribution in [2.24, 2.45) is 0 Å². The molecule has 1 aromatic heterocycles. The summed E-state index contributed by atoms with van der Waals surface area (Å²) in [5.41, 5.74) is 2.88. The third-order valence-electron chi connectivity index (χ3n) is 4.03. The molecule has 0 bridgehead atoms. The van der Waals surface area contributed by atoms with E-state index in [4.69, 9.17) is 11.6 Å². The molecule has 0 spiro atoms. The number of carbonyl (C=O) groups excluding carboxylic acids is 2. The Bertz CT molecular complexity index is 1020. The molecule has 0 aliphatic carbocycles. The first-order valence-electron chi connectivity index (χ1n) is 8.57. The Labute approximate surface area is 176 Å². The Morgan fingerprint density at radius 1 is 1.21 bits per heavy atom. The monoisotopic (exact) mass is 460 g/mol. The first kappa shape index (κ1) is 20.1. The number of hydrogen-bond acceptors (Lipinski definition) is 3. The van der Waals surface area contributed by atoms with E-state index in [9.17, 15) is 9.59 Å². The van der Waals surface area contributed by atoms with Crippen molar-refractivity contribution < 1.29 is 9.59 Å². The quantitative estimate of drug-likeness (QED) is 0.573. The summed E-state index contributed by atoms with van der Waals surface area (Å²) in [5, 5.41) is 10.3. The summed E-state index contributed by atoms with van der Waals surface area (Å²) in [6.45, 7) is 2.14. The third-order valence-corrected chi connectivity index (χ3v) is 4.76. The van der Waals surface area contributed by atoms with Crippen molar-refractivity contribution in [3.05, 3.63) is 75.5 Å². The molecule has 0 saturated heterocycles. The van der Waals surface area contributed by atoms with Crippen LogP contribution in [0.5, 0.6) is 0 Å². The fraction of sp³-hybridized carbons (Fsp3) is 0.150. The van der Waals surface area contributed by atoms with Gasteiger partial charge in [-0.25, -0.2) is 4.68 Å². The number of nitrogens with zero attached hydrogens (tertiary/aromatic N) is 2. The number of hydrogen-bond donors (Lipinski definition) is 2. The maximum absolute atomic E-state index is 12.3.